The molecule has 0 saturated heterocycles. The second kappa shape index (κ2) is 14.3. The molecule has 0 radical (unpaired) electrons. The first-order valence-electron chi connectivity index (χ1n) is 10.4. The van der Waals surface area contributed by atoms with Crippen LogP contribution < -0.4 is 0 Å². The van der Waals surface area contributed by atoms with Crippen molar-refractivity contribution in [3.63, 3.8) is 0 Å². The highest BCUT2D eigenvalue weighted by Gasteiger charge is 2.08. The van der Waals surface area contributed by atoms with Gasteiger partial charge in [-0.25, -0.2) is 0 Å². The van der Waals surface area contributed by atoms with Gasteiger partial charge in [0.25, 0.3) is 0 Å². The summed E-state index contributed by atoms with van der Waals surface area (Å²) in [5.74, 6) is 0. The highest BCUT2D eigenvalue weighted by molar-refractivity contribution is 5.78. The van der Waals surface area contributed by atoms with Crippen molar-refractivity contribution in [3.05, 3.63) is 34.9 Å². The van der Waals surface area contributed by atoms with Crippen molar-refractivity contribution in [2.75, 3.05) is 0 Å². The molecule has 0 atom stereocenters. The maximum Gasteiger partial charge on any atom is 0.150 e. The third-order valence-corrected chi connectivity index (χ3v) is 5.02. The number of hydrogen-bond donors (Lipinski definition) is 0. The summed E-state index contributed by atoms with van der Waals surface area (Å²) in [7, 11) is 0. The fourth-order valence-corrected chi connectivity index (χ4v) is 3.48. The monoisotopic (exact) mass is 330 g/mol. The zero-order valence-electron chi connectivity index (χ0n) is 16.1. The van der Waals surface area contributed by atoms with Gasteiger partial charge in [0.05, 0.1) is 0 Å². The molecule has 0 fully saturated rings. The van der Waals surface area contributed by atoms with E-state index in [1.54, 1.807) is 0 Å². The van der Waals surface area contributed by atoms with Crippen molar-refractivity contribution in [2.24, 2.45) is 0 Å². The predicted octanol–water partition coefficient (Wildman–Crippen LogP) is 7.31. The summed E-state index contributed by atoms with van der Waals surface area (Å²) in [5.41, 5.74) is 3.67. The van der Waals surface area contributed by atoms with Crippen LogP contribution in [-0.2, 0) is 12.8 Å². The van der Waals surface area contributed by atoms with Gasteiger partial charge in [-0.1, -0.05) is 96.3 Å². The van der Waals surface area contributed by atoms with Crippen LogP contribution in [0.5, 0.6) is 0 Å². The van der Waals surface area contributed by atoms with Crippen LogP contribution in [0.15, 0.2) is 18.2 Å². The lowest BCUT2D eigenvalue weighted by Crippen LogP contribution is -2.00. The Morgan fingerprint density at radius 1 is 0.708 bits per heavy atom. The second-order valence-electron chi connectivity index (χ2n) is 7.14. The van der Waals surface area contributed by atoms with Gasteiger partial charge >= 0.3 is 0 Å². The Bertz CT molecular complexity index is 436. The third kappa shape index (κ3) is 8.66. The SMILES string of the molecule is CCCCCCCCc1cccc(C=O)c1CCCCCCCC. The predicted molar refractivity (Wildman–Crippen MR) is 106 cm³/mol. The van der Waals surface area contributed by atoms with Crippen molar-refractivity contribution in [1.29, 1.82) is 0 Å². The molecule has 0 amide bonds. The van der Waals surface area contributed by atoms with Crippen molar-refractivity contribution < 1.29 is 4.79 Å². The average Bonchev–Trinajstić information content (AvgIpc) is 2.61. The second-order valence-corrected chi connectivity index (χ2v) is 7.14. The molecule has 0 bridgehead atoms. The molecule has 0 unspecified atom stereocenters. The van der Waals surface area contributed by atoms with E-state index < -0.39 is 0 Å². The average molecular weight is 331 g/mol. The van der Waals surface area contributed by atoms with Gasteiger partial charge < -0.3 is 0 Å². The van der Waals surface area contributed by atoms with E-state index in [1.807, 2.05) is 6.07 Å². The Morgan fingerprint density at radius 2 is 1.25 bits per heavy atom. The van der Waals surface area contributed by atoms with Gasteiger partial charge in [0.2, 0.25) is 0 Å². The van der Waals surface area contributed by atoms with E-state index in [-0.39, 0.29) is 0 Å². The number of unbranched alkanes of at least 4 members (excludes halogenated alkanes) is 10. The van der Waals surface area contributed by atoms with Crippen LogP contribution >= 0.6 is 0 Å². The number of carbonyl (C=O) groups is 1. The summed E-state index contributed by atoms with van der Waals surface area (Å²) < 4.78 is 0. The van der Waals surface area contributed by atoms with Crippen LogP contribution in [0.2, 0.25) is 0 Å². The summed E-state index contributed by atoms with van der Waals surface area (Å²) in [5, 5.41) is 0. The lowest BCUT2D eigenvalue weighted by atomic mass is 9.93. The van der Waals surface area contributed by atoms with Crippen molar-refractivity contribution >= 4 is 6.29 Å². The molecule has 0 spiro atoms. The first-order valence-corrected chi connectivity index (χ1v) is 10.4. The molecule has 1 aromatic carbocycles. The lowest BCUT2D eigenvalue weighted by Gasteiger charge is -2.12. The van der Waals surface area contributed by atoms with Crippen LogP contribution in [0.25, 0.3) is 0 Å². The molecule has 24 heavy (non-hydrogen) atoms. The van der Waals surface area contributed by atoms with Crippen molar-refractivity contribution in [2.45, 2.75) is 104 Å². The number of aryl methyl sites for hydroxylation is 1. The summed E-state index contributed by atoms with van der Waals surface area (Å²) in [4.78, 5) is 11.4. The van der Waals surface area contributed by atoms with E-state index >= 15 is 0 Å². The zero-order chi connectivity index (χ0) is 17.5. The molecule has 0 saturated carbocycles. The molecule has 1 nitrogen and oxygen atoms in total. The molecule has 0 aromatic heterocycles. The Kier molecular flexibility index (Phi) is 12.4. The molecule has 0 aliphatic heterocycles. The summed E-state index contributed by atoms with van der Waals surface area (Å²) in [6.07, 6.45) is 19.1. The Hall–Kier alpha value is -1.11. The van der Waals surface area contributed by atoms with Crippen LogP contribution in [0.3, 0.4) is 0 Å². The highest BCUT2D eigenvalue weighted by Crippen LogP contribution is 2.20. The summed E-state index contributed by atoms with van der Waals surface area (Å²) in [6, 6.07) is 6.29. The maximum absolute atomic E-state index is 11.4. The smallest absolute Gasteiger partial charge is 0.150 e. The fraction of sp³-hybridized carbons (Fsp3) is 0.696. The minimum Gasteiger partial charge on any atom is -0.298 e. The van der Waals surface area contributed by atoms with Crippen molar-refractivity contribution in [1.82, 2.24) is 0 Å². The minimum absolute atomic E-state index is 0.923. The van der Waals surface area contributed by atoms with Gasteiger partial charge in [0.1, 0.15) is 6.29 Å². The molecular weight excluding hydrogens is 292 g/mol. The number of benzene rings is 1. The van der Waals surface area contributed by atoms with Gasteiger partial charge in [-0.2, -0.15) is 0 Å². The maximum atomic E-state index is 11.4. The molecule has 1 rings (SSSR count). The van der Waals surface area contributed by atoms with Crippen molar-refractivity contribution in [3.8, 4) is 0 Å². The molecule has 0 aliphatic carbocycles. The standard InChI is InChI=1S/C23H38O/c1-3-5-7-9-11-13-16-21-17-15-18-22(20-24)23(21)19-14-12-10-8-6-4-2/h15,17-18,20H,3-14,16,19H2,1-2H3. The number of aldehydes is 1. The van der Waals surface area contributed by atoms with Crippen LogP contribution in [0.1, 0.15) is 112 Å². The molecule has 0 heterocycles. The Morgan fingerprint density at radius 3 is 1.83 bits per heavy atom. The molecule has 1 heteroatoms. The zero-order valence-corrected chi connectivity index (χ0v) is 16.1. The number of carbonyl (C=O) groups excluding carboxylic acids is 1. The van der Waals surface area contributed by atoms with E-state index in [9.17, 15) is 4.79 Å². The van der Waals surface area contributed by atoms with Gasteiger partial charge in [-0.3, -0.25) is 4.79 Å². The van der Waals surface area contributed by atoms with E-state index in [4.69, 9.17) is 0 Å². The van der Waals surface area contributed by atoms with Gasteiger partial charge in [-0.05, 0) is 36.8 Å². The summed E-state index contributed by atoms with van der Waals surface area (Å²) in [6.45, 7) is 4.52. The fourth-order valence-electron chi connectivity index (χ4n) is 3.48. The number of rotatable bonds is 15. The Labute approximate surface area is 150 Å². The number of hydrogen-bond acceptors (Lipinski definition) is 1. The molecule has 0 N–H and O–H groups in total. The first-order chi connectivity index (χ1) is 11.8. The van der Waals surface area contributed by atoms with Crippen LogP contribution in [0, 0.1) is 0 Å². The van der Waals surface area contributed by atoms with Gasteiger partial charge in [0.15, 0.2) is 0 Å². The van der Waals surface area contributed by atoms with Crippen LogP contribution in [-0.4, -0.2) is 6.29 Å². The molecule has 1 aromatic rings. The topological polar surface area (TPSA) is 17.1 Å². The van der Waals surface area contributed by atoms with Gasteiger partial charge in [0, 0.05) is 5.56 Å². The highest BCUT2D eigenvalue weighted by atomic mass is 16.1. The molecule has 0 aliphatic rings. The van der Waals surface area contributed by atoms with E-state index in [2.05, 4.69) is 26.0 Å². The molecule has 136 valence electrons. The normalized spacial score (nSPS) is 10.9. The van der Waals surface area contributed by atoms with Crippen LogP contribution in [0.4, 0.5) is 0 Å². The minimum atomic E-state index is 0.923. The Balaban J connectivity index is 2.44. The summed E-state index contributed by atoms with van der Waals surface area (Å²) >= 11 is 0. The van der Waals surface area contributed by atoms with Gasteiger partial charge in [-0.15, -0.1) is 0 Å². The largest absolute Gasteiger partial charge is 0.298 e. The third-order valence-electron chi connectivity index (χ3n) is 5.02. The van der Waals surface area contributed by atoms with E-state index in [1.165, 1.54) is 88.2 Å². The van der Waals surface area contributed by atoms with E-state index in [0.717, 1.165) is 24.7 Å². The first kappa shape index (κ1) is 20.9. The molecular formula is C23H38O. The quantitative estimate of drug-likeness (QED) is 0.243. The van der Waals surface area contributed by atoms with E-state index in [0.29, 0.717) is 0 Å². The lowest BCUT2D eigenvalue weighted by molar-refractivity contribution is 0.112.